The van der Waals surface area contributed by atoms with Crippen LogP contribution in [0.1, 0.15) is 29.4 Å². The molecule has 5 heteroatoms. The van der Waals surface area contributed by atoms with Crippen molar-refractivity contribution in [1.29, 1.82) is 0 Å². The van der Waals surface area contributed by atoms with Crippen molar-refractivity contribution < 1.29 is 4.79 Å². The monoisotopic (exact) mass is 275 g/mol. The Morgan fingerprint density at radius 1 is 1.58 bits per heavy atom. The molecule has 2 aromatic heterocycles. The van der Waals surface area contributed by atoms with Gasteiger partial charge in [-0.15, -0.1) is 11.3 Å². The second-order valence-corrected chi connectivity index (χ2v) is 6.24. The molecule has 19 heavy (non-hydrogen) atoms. The van der Waals surface area contributed by atoms with E-state index in [1.54, 1.807) is 6.20 Å². The Labute approximate surface area is 116 Å². The Morgan fingerprint density at radius 3 is 2.95 bits per heavy atom. The van der Waals surface area contributed by atoms with Crippen LogP contribution in [-0.2, 0) is 0 Å². The smallest absolute Gasteiger partial charge is 0.266 e. The summed E-state index contributed by atoms with van der Waals surface area (Å²) in [5, 5.41) is 0. The number of nitrogens with zero attached hydrogens (tertiary/aromatic N) is 2. The maximum Gasteiger partial charge on any atom is 0.266 e. The van der Waals surface area contributed by atoms with Crippen LogP contribution in [0.15, 0.2) is 18.3 Å². The van der Waals surface area contributed by atoms with E-state index in [0.717, 1.165) is 10.2 Å². The van der Waals surface area contributed by atoms with Crippen molar-refractivity contribution in [3.8, 4) is 0 Å². The van der Waals surface area contributed by atoms with E-state index in [4.69, 9.17) is 5.73 Å². The summed E-state index contributed by atoms with van der Waals surface area (Å²) in [6, 6.07) is 4.10. The van der Waals surface area contributed by atoms with E-state index in [-0.39, 0.29) is 11.9 Å². The van der Waals surface area contributed by atoms with Gasteiger partial charge in [0.2, 0.25) is 0 Å². The van der Waals surface area contributed by atoms with Crippen molar-refractivity contribution in [2.45, 2.75) is 25.8 Å². The molecule has 1 atom stereocenters. The molecule has 2 heterocycles. The minimum absolute atomic E-state index is 0.0138. The molecule has 1 unspecified atom stereocenters. The molecule has 1 saturated carbocycles. The highest BCUT2D eigenvalue weighted by Gasteiger charge is 2.33. The summed E-state index contributed by atoms with van der Waals surface area (Å²) >= 11 is 1.43. The Hall–Kier alpha value is -1.62. The molecule has 1 aliphatic rings. The van der Waals surface area contributed by atoms with Gasteiger partial charge in [0.25, 0.3) is 5.91 Å². The van der Waals surface area contributed by atoms with E-state index in [9.17, 15) is 4.79 Å². The summed E-state index contributed by atoms with van der Waals surface area (Å²) in [7, 11) is 1.86. The Morgan fingerprint density at radius 2 is 2.32 bits per heavy atom. The molecule has 2 aromatic rings. The Balaban J connectivity index is 1.94. The van der Waals surface area contributed by atoms with Crippen molar-refractivity contribution in [3.05, 3.63) is 23.2 Å². The zero-order valence-corrected chi connectivity index (χ0v) is 11.9. The lowest BCUT2D eigenvalue weighted by Gasteiger charge is -2.24. The molecule has 1 amide bonds. The molecule has 0 radical (unpaired) electrons. The third-order valence-electron chi connectivity index (χ3n) is 3.91. The van der Waals surface area contributed by atoms with Crippen molar-refractivity contribution >= 4 is 33.1 Å². The van der Waals surface area contributed by atoms with Crippen LogP contribution in [0.2, 0.25) is 0 Å². The Bertz CT molecular complexity index is 633. The van der Waals surface area contributed by atoms with Crippen LogP contribution in [0.5, 0.6) is 0 Å². The molecule has 0 aliphatic heterocycles. The van der Waals surface area contributed by atoms with Crippen molar-refractivity contribution in [2.75, 3.05) is 12.8 Å². The molecule has 0 bridgehead atoms. The van der Waals surface area contributed by atoms with Crippen LogP contribution in [-0.4, -0.2) is 28.9 Å². The zero-order chi connectivity index (χ0) is 13.6. The first-order valence-corrected chi connectivity index (χ1v) is 7.31. The zero-order valence-electron chi connectivity index (χ0n) is 11.1. The van der Waals surface area contributed by atoms with Crippen LogP contribution in [0.25, 0.3) is 10.2 Å². The molecule has 1 fully saturated rings. The normalized spacial score (nSPS) is 16.5. The highest BCUT2D eigenvalue weighted by atomic mass is 32.1. The lowest BCUT2D eigenvalue weighted by Crippen LogP contribution is -2.36. The van der Waals surface area contributed by atoms with Gasteiger partial charge in [-0.05, 0) is 37.8 Å². The van der Waals surface area contributed by atoms with E-state index in [1.807, 2.05) is 24.1 Å². The van der Waals surface area contributed by atoms with Gasteiger partial charge in [-0.3, -0.25) is 9.78 Å². The summed E-state index contributed by atoms with van der Waals surface area (Å²) in [5.41, 5.74) is 7.32. The molecule has 0 saturated heterocycles. The number of nitrogen functional groups attached to an aromatic ring is 1. The number of carbonyl (C=O) groups is 1. The molecule has 100 valence electrons. The number of nitrogens with two attached hydrogens (primary N) is 1. The third kappa shape index (κ3) is 2.08. The number of fused-ring (bicyclic) bond motifs is 1. The van der Waals surface area contributed by atoms with Gasteiger partial charge in [0.05, 0.1) is 10.4 Å². The minimum Gasteiger partial charge on any atom is -0.396 e. The molecule has 4 nitrogen and oxygen atoms in total. The number of thiophene rings is 1. The van der Waals surface area contributed by atoms with Crippen molar-refractivity contribution in [2.24, 2.45) is 5.92 Å². The maximum absolute atomic E-state index is 12.5. The number of carbonyl (C=O) groups excluding carboxylic acids is 1. The quantitative estimate of drug-likeness (QED) is 0.937. The fourth-order valence-corrected chi connectivity index (χ4v) is 3.41. The van der Waals surface area contributed by atoms with Crippen molar-refractivity contribution in [3.63, 3.8) is 0 Å². The van der Waals surface area contributed by atoms with Gasteiger partial charge in [-0.2, -0.15) is 0 Å². The fourth-order valence-electron chi connectivity index (χ4n) is 2.35. The molecular weight excluding hydrogens is 258 g/mol. The first-order chi connectivity index (χ1) is 9.09. The van der Waals surface area contributed by atoms with Gasteiger partial charge in [0.15, 0.2) is 0 Å². The van der Waals surface area contributed by atoms with Crippen LogP contribution in [0, 0.1) is 5.92 Å². The molecule has 0 aromatic carbocycles. The average molecular weight is 275 g/mol. The molecular formula is C14H17N3OS. The molecule has 3 rings (SSSR count). The molecule has 1 aliphatic carbocycles. The second-order valence-electron chi connectivity index (χ2n) is 5.19. The second kappa shape index (κ2) is 4.49. The average Bonchev–Trinajstić information content (AvgIpc) is 3.22. The van der Waals surface area contributed by atoms with Crippen molar-refractivity contribution in [1.82, 2.24) is 9.88 Å². The molecule has 0 spiro atoms. The SMILES string of the molecule is CC(C1CC1)N(C)C(=O)c1sc2cccnc2c1N. The lowest BCUT2D eigenvalue weighted by molar-refractivity contribution is 0.0733. The van der Waals surface area contributed by atoms with Crippen LogP contribution >= 0.6 is 11.3 Å². The van der Waals surface area contributed by atoms with E-state index >= 15 is 0 Å². The van der Waals surface area contributed by atoms with E-state index < -0.39 is 0 Å². The number of aromatic nitrogens is 1. The van der Waals surface area contributed by atoms with E-state index in [2.05, 4.69) is 11.9 Å². The first-order valence-electron chi connectivity index (χ1n) is 6.49. The number of pyridine rings is 1. The summed E-state index contributed by atoms with van der Waals surface area (Å²) in [5.74, 6) is 0.669. The summed E-state index contributed by atoms with van der Waals surface area (Å²) < 4.78 is 0.968. The fraction of sp³-hybridized carbons (Fsp3) is 0.429. The number of hydrogen-bond donors (Lipinski definition) is 1. The van der Waals surface area contributed by atoms with Gasteiger partial charge in [0, 0.05) is 19.3 Å². The van der Waals surface area contributed by atoms with E-state index in [0.29, 0.717) is 16.5 Å². The minimum atomic E-state index is 0.0138. The number of anilines is 1. The highest BCUT2D eigenvalue weighted by molar-refractivity contribution is 7.21. The largest absolute Gasteiger partial charge is 0.396 e. The lowest BCUT2D eigenvalue weighted by atomic mass is 10.2. The topological polar surface area (TPSA) is 59.2 Å². The number of hydrogen-bond acceptors (Lipinski definition) is 4. The highest BCUT2D eigenvalue weighted by Crippen LogP contribution is 2.37. The first kappa shape index (κ1) is 12.4. The summed E-state index contributed by atoms with van der Waals surface area (Å²) in [6.45, 7) is 2.11. The third-order valence-corrected chi connectivity index (χ3v) is 5.06. The summed E-state index contributed by atoms with van der Waals surface area (Å²) in [6.07, 6.45) is 4.15. The van der Waals surface area contributed by atoms with Crippen LogP contribution < -0.4 is 5.73 Å². The van der Waals surface area contributed by atoms with Gasteiger partial charge in [-0.25, -0.2) is 0 Å². The van der Waals surface area contributed by atoms with Crippen LogP contribution in [0.4, 0.5) is 5.69 Å². The van der Waals surface area contributed by atoms with Gasteiger partial charge >= 0.3 is 0 Å². The van der Waals surface area contributed by atoms with Crippen LogP contribution in [0.3, 0.4) is 0 Å². The number of amides is 1. The van der Waals surface area contributed by atoms with E-state index in [1.165, 1.54) is 24.2 Å². The molecule has 2 N–H and O–H groups in total. The standard InChI is InChI=1S/C14H17N3OS/c1-8(9-5-6-9)17(2)14(18)13-11(15)12-10(19-13)4-3-7-16-12/h3-4,7-9H,5-6,15H2,1-2H3. The van der Waals surface area contributed by atoms with Gasteiger partial charge < -0.3 is 10.6 Å². The maximum atomic E-state index is 12.5. The number of rotatable bonds is 3. The van der Waals surface area contributed by atoms with Gasteiger partial charge in [0.1, 0.15) is 10.4 Å². The Kier molecular flexibility index (Phi) is 2.93. The predicted molar refractivity (Wildman–Crippen MR) is 78.3 cm³/mol. The summed E-state index contributed by atoms with van der Waals surface area (Å²) in [4.78, 5) is 19.2. The van der Waals surface area contributed by atoms with Gasteiger partial charge in [-0.1, -0.05) is 0 Å². The predicted octanol–water partition coefficient (Wildman–Crippen LogP) is 2.75.